The lowest BCUT2D eigenvalue weighted by Crippen LogP contribution is -2.55. The summed E-state index contributed by atoms with van der Waals surface area (Å²) in [5.74, 6) is 0.967. The van der Waals surface area contributed by atoms with Crippen molar-refractivity contribution in [3.05, 3.63) is 11.8 Å². The minimum atomic E-state index is -0.521. The van der Waals surface area contributed by atoms with Gasteiger partial charge in [0.15, 0.2) is 5.82 Å². The van der Waals surface area contributed by atoms with Gasteiger partial charge < -0.3 is 15.2 Å². The Kier molecular flexibility index (Phi) is 4.20. The zero-order valence-corrected chi connectivity index (χ0v) is 12.8. The number of hydrogen-bond donors (Lipinski definition) is 3. The summed E-state index contributed by atoms with van der Waals surface area (Å²) in [6, 6.07) is 0.703. The maximum Gasteiger partial charge on any atom is 0.321 e. The monoisotopic (exact) mass is 294 g/mol. The highest BCUT2D eigenvalue weighted by Gasteiger charge is 2.30. The molecule has 2 heterocycles. The van der Waals surface area contributed by atoms with Crippen LogP contribution in [0.25, 0.3) is 0 Å². The van der Waals surface area contributed by atoms with E-state index in [9.17, 15) is 9.59 Å². The van der Waals surface area contributed by atoms with Crippen molar-refractivity contribution in [3.8, 4) is 0 Å². The Bertz CT molecular complexity index is 533. The fourth-order valence-electron chi connectivity index (χ4n) is 2.15. The highest BCUT2D eigenvalue weighted by molar-refractivity contribution is 5.93. The largest absolute Gasteiger partial charge is 0.359 e. The van der Waals surface area contributed by atoms with E-state index in [1.165, 1.54) is 0 Å². The molecule has 1 aromatic heterocycles. The molecular formula is C14H22N4O3. The van der Waals surface area contributed by atoms with E-state index >= 15 is 0 Å². The summed E-state index contributed by atoms with van der Waals surface area (Å²) in [4.78, 5) is 23.7. The van der Waals surface area contributed by atoms with Gasteiger partial charge in [0.1, 0.15) is 11.8 Å². The Morgan fingerprint density at radius 1 is 1.48 bits per heavy atom. The minimum Gasteiger partial charge on any atom is -0.359 e. The van der Waals surface area contributed by atoms with Gasteiger partial charge >= 0.3 is 6.03 Å². The van der Waals surface area contributed by atoms with Crippen molar-refractivity contribution in [2.75, 3.05) is 11.9 Å². The number of amides is 3. The van der Waals surface area contributed by atoms with Gasteiger partial charge in [0.2, 0.25) is 5.91 Å². The van der Waals surface area contributed by atoms with Crippen LogP contribution in [-0.2, 0) is 10.2 Å². The first-order chi connectivity index (χ1) is 9.77. The second-order valence-corrected chi connectivity index (χ2v) is 6.46. The molecule has 21 heavy (non-hydrogen) atoms. The van der Waals surface area contributed by atoms with Crippen LogP contribution >= 0.6 is 0 Å². The van der Waals surface area contributed by atoms with Crippen molar-refractivity contribution in [1.29, 1.82) is 0 Å². The van der Waals surface area contributed by atoms with Crippen molar-refractivity contribution in [2.45, 2.75) is 45.6 Å². The molecule has 3 amide bonds. The Morgan fingerprint density at radius 3 is 2.76 bits per heavy atom. The third-order valence-electron chi connectivity index (χ3n) is 3.53. The van der Waals surface area contributed by atoms with Crippen molar-refractivity contribution < 1.29 is 14.1 Å². The summed E-state index contributed by atoms with van der Waals surface area (Å²) >= 11 is 0. The number of rotatable bonds is 2. The van der Waals surface area contributed by atoms with Crippen LogP contribution in [0.2, 0.25) is 0 Å². The number of aromatic nitrogens is 1. The Labute approximate surface area is 123 Å². The lowest BCUT2D eigenvalue weighted by atomic mass is 9.93. The molecule has 1 aliphatic rings. The molecule has 0 aliphatic carbocycles. The van der Waals surface area contributed by atoms with Crippen LogP contribution in [0.5, 0.6) is 0 Å². The molecule has 1 aromatic rings. The van der Waals surface area contributed by atoms with Crippen molar-refractivity contribution in [3.63, 3.8) is 0 Å². The van der Waals surface area contributed by atoms with Gasteiger partial charge in [0, 0.05) is 18.0 Å². The van der Waals surface area contributed by atoms with Crippen molar-refractivity contribution in [2.24, 2.45) is 5.92 Å². The smallest absolute Gasteiger partial charge is 0.321 e. The van der Waals surface area contributed by atoms with E-state index in [0.717, 1.165) is 6.42 Å². The van der Waals surface area contributed by atoms with E-state index in [1.807, 2.05) is 27.7 Å². The molecule has 116 valence electrons. The number of carbonyl (C=O) groups excluding carboxylic acids is 2. The molecule has 1 saturated heterocycles. The Hall–Kier alpha value is -2.05. The number of nitrogens with one attached hydrogen (secondary N) is 3. The van der Waals surface area contributed by atoms with Crippen LogP contribution in [-0.4, -0.2) is 29.7 Å². The van der Waals surface area contributed by atoms with Crippen LogP contribution in [0.4, 0.5) is 10.6 Å². The molecule has 0 unspecified atom stereocenters. The van der Waals surface area contributed by atoms with Gasteiger partial charge in [0.25, 0.3) is 0 Å². The van der Waals surface area contributed by atoms with Gasteiger partial charge in [-0.25, -0.2) is 4.79 Å². The molecule has 7 heteroatoms. The molecule has 0 radical (unpaired) electrons. The second-order valence-electron chi connectivity index (χ2n) is 6.46. The fourth-order valence-corrected chi connectivity index (χ4v) is 2.15. The molecule has 0 saturated carbocycles. The van der Waals surface area contributed by atoms with Crippen LogP contribution in [0.1, 0.15) is 39.9 Å². The third kappa shape index (κ3) is 3.74. The first-order valence-corrected chi connectivity index (χ1v) is 7.10. The van der Waals surface area contributed by atoms with E-state index in [4.69, 9.17) is 4.52 Å². The summed E-state index contributed by atoms with van der Waals surface area (Å²) in [5, 5.41) is 11.8. The van der Waals surface area contributed by atoms with Crippen LogP contribution in [0, 0.1) is 5.92 Å². The first-order valence-electron chi connectivity index (χ1n) is 7.10. The summed E-state index contributed by atoms with van der Waals surface area (Å²) in [7, 11) is 0. The molecule has 3 N–H and O–H groups in total. The molecule has 2 atom stereocenters. The van der Waals surface area contributed by atoms with Gasteiger partial charge in [-0.15, -0.1) is 0 Å². The summed E-state index contributed by atoms with van der Waals surface area (Å²) in [5.41, 5.74) is -0.179. The van der Waals surface area contributed by atoms with Gasteiger partial charge in [0.05, 0.1) is 0 Å². The molecule has 2 rings (SSSR count). The van der Waals surface area contributed by atoms with Gasteiger partial charge in [-0.05, 0) is 12.3 Å². The molecular weight excluding hydrogens is 272 g/mol. The summed E-state index contributed by atoms with van der Waals surface area (Å²) in [6.45, 7) is 8.57. The van der Waals surface area contributed by atoms with E-state index in [2.05, 4.69) is 21.1 Å². The number of hydrogen-bond acceptors (Lipinski definition) is 4. The van der Waals surface area contributed by atoms with Crippen molar-refractivity contribution >= 4 is 17.8 Å². The molecule has 0 aromatic carbocycles. The average Bonchev–Trinajstić information content (AvgIpc) is 2.82. The van der Waals surface area contributed by atoms with E-state index < -0.39 is 12.1 Å². The quantitative estimate of drug-likeness (QED) is 0.772. The van der Waals surface area contributed by atoms with Gasteiger partial charge in [-0.1, -0.05) is 32.9 Å². The highest BCUT2D eigenvalue weighted by Crippen LogP contribution is 2.24. The highest BCUT2D eigenvalue weighted by atomic mass is 16.5. The SMILES string of the molecule is C[C@H]1CCNC(=O)[C@@H]1NC(=O)Nc1cc(C(C)(C)C)on1. The summed E-state index contributed by atoms with van der Waals surface area (Å²) in [6.07, 6.45) is 0.842. The van der Waals surface area contributed by atoms with E-state index in [1.54, 1.807) is 6.07 Å². The zero-order chi connectivity index (χ0) is 15.6. The van der Waals surface area contributed by atoms with Crippen LogP contribution in [0.15, 0.2) is 10.6 Å². The Balaban J connectivity index is 1.95. The molecule has 7 nitrogen and oxygen atoms in total. The van der Waals surface area contributed by atoms with Crippen LogP contribution < -0.4 is 16.0 Å². The van der Waals surface area contributed by atoms with Crippen LogP contribution in [0.3, 0.4) is 0 Å². The van der Waals surface area contributed by atoms with Gasteiger partial charge in [-0.3, -0.25) is 10.1 Å². The Morgan fingerprint density at radius 2 is 2.19 bits per heavy atom. The molecule has 0 spiro atoms. The number of nitrogens with zero attached hydrogens (tertiary/aromatic N) is 1. The predicted molar refractivity (Wildman–Crippen MR) is 77.9 cm³/mol. The predicted octanol–water partition coefficient (Wildman–Crippen LogP) is 1.62. The topological polar surface area (TPSA) is 96.3 Å². The zero-order valence-electron chi connectivity index (χ0n) is 12.8. The molecule has 1 fully saturated rings. The maximum absolute atomic E-state index is 11.9. The van der Waals surface area contributed by atoms with Crippen molar-refractivity contribution in [1.82, 2.24) is 15.8 Å². The van der Waals surface area contributed by atoms with Gasteiger partial charge in [-0.2, -0.15) is 0 Å². The fraction of sp³-hybridized carbons (Fsp3) is 0.643. The lowest BCUT2D eigenvalue weighted by Gasteiger charge is -2.28. The van der Waals surface area contributed by atoms with E-state index in [0.29, 0.717) is 18.1 Å². The normalized spacial score (nSPS) is 22.6. The second kappa shape index (κ2) is 5.75. The third-order valence-corrected chi connectivity index (χ3v) is 3.53. The number of piperidine rings is 1. The molecule has 1 aliphatic heterocycles. The standard InChI is InChI=1S/C14H22N4O3/c1-8-5-6-15-12(19)11(8)17-13(20)16-10-7-9(21-18-10)14(2,3)4/h7-8,11H,5-6H2,1-4H3,(H,15,19)(H2,16,17,18,20)/t8-,11+/m0/s1. The number of urea groups is 1. The number of carbonyl (C=O) groups is 2. The minimum absolute atomic E-state index is 0.104. The first kappa shape index (κ1) is 15.3. The average molecular weight is 294 g/mol. The molecule has 0 bridgehead atoms. The number of anilines is 1. The van der Waals surface area contributed by atoms with E-state index in [-0.39, 0.29) is 17.2 Å². The lowest BCUT2D eigenvalue weighted by molar-refractivity contribution is -0.125. The summed E-state index contributed by atoms with van der Waals surface area (Å²) < 4.78 is 5.19. The maximum atomic E-state index is 11.9.